The number of unbranched alkanes of at least 4 members (excludes halogenated alkanes) is 1. The topological polar surface area (TPSA) is 112 Å². The summed E-state index contributed by atoms with van der Waals surface area (Å²) in [5, 5.41) is 0. The molecular weight excluding hydrogens is 354 g/mol. The van der Waals surface area contributed by atoms with E-state index in [1.54, 1.807) is 6.07 Å². The van der Waals surface area contributed by atoms with E-state index in [0.29, 0.717) is 19.4 Å². The first kappa shape index (κ1) is 19.0. The molecule has 1 aliphatic heterocycles. The maximum Gasteiger partial charge on any atom is 0.294 e. The van der Waals surface area contributed by atoms with Gasteiger partial charge in [-0.25, -0.2) is 0 Å². The van der Waals surface area contributed by atoms with Gasteiger partial charge in [0.15, 0.2) is 5.71 Å². The van der Waals surface area contributed by atoms with E-state index in [9.17, 15) is 21.4 Å². The quantitative estimate of drug-likeness (QED) is 0.446. The Hall–Kier alpha value is -1.29. The van der Waals surface area contributed by atoms with E-state index in [-0.39, 0.29) is 10.6 Å². The van der Waals surface area contributed by atoms with E-state index in [1.807, 2.05) is 25.3 Å². The molecule has 1 aromatic carbocycles. The Morgan fingerprint density at radius 2 is 1.71 bits per heavy atom. The van der Waals surface area contributed by atoms with E-state index in [1.165, 1.54) is 12.1 Å². The highest BCUT2D eigenvalue weighted by Crippen LogP contribution is 2.40. The zero-order valence-electron chi connectivity index (χ0n) is 13.9. The second-order valence-corrected chi connectivity index (χ2v) is 9.50. The summed E-state index contributed by atoms with van der Waals surface area (Å²) in [4.78, 5) is -0.143. The first-order valence-corrected chi connectivity index (χ1v) is 10.6. The molecule has 0 fully saturated rings. The molecule has 0 saturated carbocycles. The van der Waals surface area contributed by atoms with Crippen LogP contribution >= 0.6 is 0 Å². The predicted molar refractivity (Wildman–Crippen MR) is 90.4 cm³/mol. The molecule has 2 N–H and O–H groups in total. The van der Waals surface area contributed by atoms with Crippen molar-refractivity contribution in [1.82, 2.24) is 0 Å². The molecule has 0 amide bonds. The predicted octanol–water partition coefficient (Wildman–Crippen LogP) is 2.00. The van der Waals surface area contributed by atoms with Gasteiger partial charge < -0.3 is 0 Å². The van der Waals surface area contributed by atoms with Crippen LogP contribution in [0.2, 0.25) is 0 Å². The van der Waals surface area contributed by atoms with Crippen LogP contribution in [0.3, 0.4) is 0 Å². The number of nitrogens with zero attached hydrogens (tertiary/aromatic N) is 1. The lowest BCUT2D eigenvalue weighted by Crippen LogP contribution is -2.27. The van der Waals surface area contributed by atoms with Gasteiger partial charge in [0.25, 0.3) is 20.2 Å². The van der Waals surface area contributed by atoms with Crippen molar-refractivity contribution in [1.29, 1.82) is 0 Å². The van der Waals surface area contributed by atoms with Crippen LogP contribution in [-0.2, 0) is 25.7 Å². The number of hydrogen-bond acceptors (Lipinski definition) is 4. The fourth-order valence-electron chi connectivity index (χ4n) is 2.97. The van der Waals surface area contributed by atoms with Crippen molar-refractivity contribution >= 4 is 31.6 Å². The summed E-state index contributed by atoms with van der Waals surface area (Å²) in [6.45, 7) is 6.43. The summed E-state index contributed by atoms with van der Waals surface area (Å²) < 4.78 is 64.3. The minimum absolute atomic E-state index is 0.143. The molecule has 0 atom stereocenters. The summed E-state index contributed by atoms with van der Waals surface area (Å²) in [5.74, 6) is -0.280. The van der Waals surface area contributed by atoms with Crippen LogP contribution in [0.5, 0.6) is 0 Å². The Labute approximate surface area is 142 Å². The molecule has 134 valence electrons. The van der Waals surface area contributed by atoms with Crippen LogP contribution in [0.15, 0.2) is 23.1 Å². The minimum Gasteiger partial charge on any atom is -0.286 e. The first-order valence-electron chi connectivity index (χ1n) is 7.53. The van der Waals surface area contributed by atoms with Gasteiger partial charge in [0.2, 0.25) is 5.69 Å². The third-order valence-electron chi connectivity index (χ3n) is 4.57. The maximum atomic E-state index is 11.4. The maximum absolute atomic E-state index is 11.4. The molecule has 2 rings (SSSR count). The molecule has 0 aliphatic carbocycles. The summed E-state index contributed by atoms with van der Waals surface area (Å²) >= 11 is 0. The lowest BCUT2D eigenvalue weighted by atomic mass is 9.82. The zero-order chi connectivity index (χ0) is 18.3. The molecule has 1 aliphatic rings. The van der Waals surface area contributed by atoms with E-state index in [0.717, 1.165) is 17.0 Å². The molecule has 0 radical (unpaired) electrons. The molecule has 0 saturated heterocycles. The van der Waals surface area contributed by atoms with Crippen molar-refractivity contribution in [2.75, 3.05) is 12.3 Å². The van der Waals surface area contributed by atoms with Crippen molar-refractivity contribution in [3.8, 4) is 0 Å². The Balaban J connectivity index is 2.30. The van der Waals surface area contributed by atoms with Crippen LogP contribution in [0, 0.1) is 0 Å². The number of hydrogen-bond donors (Lipinski definition) is 2. The summed E-state index contributed by atoms with van der Waals surface area (Å²) in [6.07, 6.45) is 0.897. The normalized spacial score (nSPS) is 17.2. The third-order valence-corrected chi connectivity index (χ3v) is 6.23. The van der Waals surface area contributed by atoms with E-state index < -0.39 is 25.7 Å². The lowest BCUT2D eigenvalue weighted by Gasteiger charge is -2.15. The van der Waals surface area contributed by atoms with Crippen LogP contribution < -0.4 is 0 Å². The highest BCUT2D eigenvalue weighted by molar-refractivity contribution is 7.86. The number of rotatable bonds is 6. The van der Waals surface area contributed by atoms with Crippen molar-refractivity contribution < 1.29 is 30.5 Å². The molecule has 0 aromatic heterocycles. The fourth-order valence-corrected chi connectivity index (χ4v) is 4.04. The van der Waals surface area contributed by atoms with Crippen molar-refractivity contribution in [2.45, 2.75) is 43.9 Å². The van der Waals surface area contributed by atoms with Crippen molar-refractivity contribution in [3.63, 3.8) is 0 Å². The summed E-state index contributed by atoms with van der Waals surface area (Å²) in [7, 11) is -8.23. The SMILES string of the molecule is CC1=[N+](CCCCS(=O)(=O)O)c2ccc(S(=O)(=O)O)cc2C1(C)C. The van der Waals surface area contributed by atoms with Gasteiger partial charge in [0.1, 0.15) is 6.54 Å². The average Bonchev–Trinajstić information content (AvgIpc) is 2.61. The molecule has 1 heterocycles. The van der Waals surface area contributed by atoms with Crippen molar-refractivity contribution in [3.05, 3.63) is 23.8 Å². The molecule has 1 aromatic rings. The summed E-state index contributed by atoms with van der Waals surface area (Å²) in [5.41, 5.74) is 2.25. The van der Waals surface area contributed by atoms with E-state index in [2.05, 4.69) is 0 Å². The number of fused-ring (bicyclic) bond motifs is 1. The second-order valence-electron chi connectivity index (χ2n) is 6.51. The Bertz CT molecular complexity index is 898. The molecule has 0 unspecified atom stereocenters. The second kappa shape index (κ2) is 6.21. The minimum atomic E-state index is -4.27. The van der Waals surface area contributed by atoms with Crippen LogP contribution in [0.1, 0.15) is 39.2 Å². The van der Waals surface area contributed by atoms with Gasteiger partial charge in [0, 0.05) is 25.0 Å². The monoisotopic (exact) mass is 376 g/mol. The van der Waals surface area contributed by atoms with Gasteiger partial charge in [-0.15, -0.1) is 0 Å². The van der Waals surface area contributed by atoms with E-state index >= 15 is 0 Å². The van der Waals surface area contributed by atoms with E-state index in [4.69, 9.17) is 4.55 Å². The number of benzene rings is 1. The smallest absolute Gasteiger partial charge is 0.286 e. The molecule has 9 heteroatoms. The first-order chi connectivity index (χ1) is 10.8. The zero-order valence-corrected chi connectivity index (χ0v) is 15.5. The Morgan fingerprint density at radius 1 is 1.08 bits per heavy atom. The summed E-state index contributed by atoms with van der Waals surface area (Å²) in [6, 6.07) is 4.49. The van der Waals surface area contributed by atoms with Gasteiger partial charge >= 0.3 is 0 Å². The molecule has 0 bridgehead atoms. The van der Waals surface area contributed by atoms with Gasteiger partial charge in [-0.2, -0.15) is 21.4 Å². The van der Waals surface area contributed by atoms with Gasteiger partial charge in [-0.05, 0) is 32.4 Å². The van der Waals surface area contributed by atoms with Gasteiger partial charge in [0.05, 0.1) is 16.1 Å². The molecule has 24 heavy (non-hydrogen) atoms. The standard InChI is InChI=1S/C15H21NO6S2/c1-11-15(2,3)13-10-12(24(20,21)22)6-7-14(13)16(11)8-4-5-9-23(17,18)19/h6-7,10H,4-5,8-9H2,1-3H3,(H-,17,18,19,20,21,22)/p+1. The van der Waals surface area contributed by atoms with Gasteiger partial charge in [-0.1, -0.05) is 0 Å². The molecule has 7 nitrogen and oxygen atoms in total. The third kappa shape index (κ3) is 3.85. The van der Waals surface area contributed by atoms with Gasteiger partial charge in [-0.3, -0.25) is 9.11 Å². The molecular formula is C15H22NO6S2+. The Morgan fingerprint density at radius 3 is 2.25 bits per heavy atom. The lowest BCUT2D eigenvalue weighted by molar-refractivity contribution is -0.439. The molecule has 0 spiro atoms. The highest BCUT2D eigenvalue weighted by atomic mass is 32.2. The van der Waals surface area contributed by atoms with Crippen LogP contribution in [0.4, 0.5) is 5.69 Å². The van der Waals surface area contributed by atoms with Crippen molar-refractivity contribution in [2.24, 2.45) is 0 Å². The van der Waals surface area contributed by atoms with Crippen LogP contribution in [0.25, 0.3) is 0 Å². The average molecular weight is 376 g/mol. The largest absolute Gasteiger partial charge is 0.294 e. The van der Waals surface area contributed by atoms with Crippen LogP contribution in [-0.4, -0.2) is 48.5 Å². The highest BCUT2D eigenvalue weighted by Gasteiger charge is 2.43. The fraction of sp³-hybridized carbons (Fsp3) is 0.533. The Kier molecular flexibility index (Phi) is 4.93.